The van der Waals surface area contributed by atoms with Gasteiger partial charge in [0, 0.05) is 10.7 Å². The van der Waals surface area contributed by atoms with Crippen LogP contribution in [0, 0.1) is 6.92 Å². The van der Waals surface area contributed by atoms with Crippen molar-refractivity contribution < 1.29 is 9.90 Å². The molecule has 0 aliphatic carbocycles. The molecule has 1 atom stereocenters. The summed E-state index contributed by atoms with van der Waals surface area (Å²) in [5.41, 5.74) is 2.48. The number of rotatable bonds is 4. The van der Waals surface area contributed by atoms with Gasteiger partial charge in [0.25, 0.3) is 0 Å². The Morgan fingerprint density at radius 3 is 2.47 bits per heavy atom. The van der Waals surface area contributed by atoms with E-state index in [0.29, 0.717) is 16.3 Å². The van der Waals surface area contributed by atoms with Gasteiger partial charge in [0.1, 0.15) is 0 Å². The van der Waals surface area contributed by atoms with Gasteiger partial charge >= 0.3 is 5.97 Å². The van der Waals surface area contributed by atoms with Gasteiger partial charge in [0.2, 0.25) is 0 Å². The average Bonchev–Trinajstić information content (AvgIpc) is 2.37. The third kappa shape index (κ3) is 3.48. The molecule has 0 unspecified atom stereocenters. The molecule has 0 heterocycles. The zero-order valence-electron chi connectivity index (χ0n) is 10.4. The lowest BCUT2D eigenvalue weighted by Gasteiger charge is -2.16. The van der Waals surface area contributed by atoms with Crippen LogP contribution in [0.1, 0.15) is 17.2 Å². The highest BCUT2D eigenvalue weighted by atomic mass is 35.5. The first kappa shape index (κ1) is 13.4. The number of halogens is 1. The van der Waals surface area contributed by atoms with Crippen LogP contribution in [0.25, 0.3) is 0 Å². The van der Waals surface area contributed by atoms with E-state index >= 15 is 0 Å². The van der Waals surface area contributed by atoms with Crippen LogP contribution in [0.4, 0.5) is 5.69 Å². The Bertz CT molecular complexity index is 581. The van der Waals surface area contributed by atoms with Crippen molar-refractivity contribution in [3.8, 4) is 0 Å². The Morgan fingerprint density at radius 1 is 1.21 bits per heavy atom. The van der Waals surface area contributed by atoms with Crippen LogP contribution in [0.5, 0.6) is 0 Å². The van der Waals surface area contributed by atoms with Gasteiger partial charge < -0.3 is 10.4 Å². The van der Waals surface area contributed by atoms with E-state index in [0.717, 1.165) is 5.56 Å². The highest BCUT2D eigenvalue weighted by Gasteiger charge is 2.19. The maximum atomic E-state index is 11.4. The minimum atomic E-state index is -0.927. The summed E-state index contributed by atoms with van der Waals surface area (Å²) < 4.78 is 0. The molecule has 98 valence electrons. The summed E-state index contributed by atoms with van der Waals surface area (Å²) in [4.78, 5) is 11.4. The smallest absolute Gasteiger partial charge is 0.330 e. The van der Waals surface area contributed by atoms with Crippen LogP contribution in [0.3, 0.4) is 0 Å². The number of aliphatic carboxylic acids is 1. The number of hydrogen-bond acceptors (Lipinski definition) is 2. The third-order valence-corrected chi connectivity index (χ3v) is 3.03. The Balaban J connectivity index is 2.26. The van der Waals surface area contributed by atoms with Crippen LogP contribution in [-0.2, 0) is 4.79 Å². The van der Waals surface area contributed by atoms with Crippen LogP contribution in [-0.4, -0.2) is 11.1 Å². The molecule has 2 N–H and O–H groups in total. The van der Waals surface area contributed by atoms with Crippen molar-refractivity contribution >= 4 is 23.3 Å². The molecule has 2 aromatic carbocycles. The molecule has 0 fully saturated rings. The molecule has 0 spiro atoms. The highest BCUT2D eigenvalue weighted by Crippen LogP contribution is 2.22. The number of anilines is 1. The fraction of sp³-hybridized carbons (Fsp3) is 0.133. The lowest BCUT2D eigenvalue weighted by atomic mass is 10.0. The predicted molar refractivity (Wildman–Crippen MR) is 76.6 cm³/mol. The molecular weight excluding hydrogens is 262 g/mol. The van der Waals surface area contributed by atoms with Crippen molar-refractivity contribution in [1.29, 1.82) is 0 Å². The van der Waals surface area contributed by atoms with Crippen molar-refractivity contribution in [3.63, 3.8) is 0 Å². The van der Waals surface area contributed by atoms with Gasteiger partial charge in [0.05, 0.1) is 0 Å². The summed E-state index contributed by atoms with van der Waals surface area (Å²) in [6.07, 6.45) is 0. The summed E-state index contributed by atoms with van der Waals surface area (Å²) >= 11 is 5.89. The Labute approximate surface area is 116 Å². The Kier molecular flexibility index (Phi) is 4.07. The van der Waals surface area contributed by atoms with Crippen LogP contribution >= 0.6 is 11.6 Å². The van der Waals surface area contributed by atoms with Gasteiger partial charge in [-0.1, -0.05) is 47.5 Å². The van der Waals surface area contributed by atoms with Crippen molar-refractivity contribution in [1.82, 2.24) is 0 Å². The molecule has 4 heteroatoms. The lowest BCUT2D eigenvalue weighted by Crippen LogP contribution is -2.20. The molecule has 0 aromatic heterocycles. The minimum Gasteiger partial charge on any atom is -0.479 e. The van der Waals surface area contributed by atoms with E-state index in [-0.39, 0.29) is 0 Å². The summed E-state index contributed by atoms with van der Waals surface area (Å²) in [7, 11) is 0. The van der Waals surface area contributed by atoms with Gasteiger partial charge in [-0.25, -0.2) is 4.79 Å². The topological polar surface area (TPSA) is 49.3 Å². The highest BCUT2D eigenvalue weighted by molar-refractivity contribution is 6.30. The Hall–Kier alpha value is -2.00. The number of carboxylic acids is 1. The van der Waals surface area contributed by atoms with Crippen LogP contribution < -0.4 is 5.32 Å². The van der Waals surface area contributed by atoms with E-state index in [1.165, 1.54) is 0 Å². The van der Waals surface area contributed by atoms with Crippen LogP contribution in [0.2, 0.25) is 5.02 Å². The largest absolute Gasteiger partial charge is 0.479 e. The second-order valence-corrected chi connectivity index (χ2v) is 4.77. The molecule has 2 rings (SSSR count). The predicted octanol–water partition coefficient (Wildman–Crippen LogP) is 3.89. The maximum absolute atomic E-state index is 11.4. The monoisotopic (exact) mass is 275 g/mol. The standard InChI is InChI=1S/C15H14ClNO2/c1-10-5-7-11(8-6-10)14(15(18)19)17-13-4-2-3-12(16)9-13/h2-9,14,17H,1H3,(H,18,19)/t14-/m0/s1. The molecule has 2 aromatic rings. The first-order valence-electron chi connectivity index (χ1n) is 5.88. The summed E-state index contributed by atoms with van der Waals surface area (Å²) in [6.45, 7) is 1.96. The zero-order chi connectivity index (χ0) is 13.8. The molecule has 19 heavy (non-hydrogen) atoms. The fourth-order valence-corrected chi connectivity index (χ4v) is 1.98. The minimum absolute atomic E-state index is 0.568. The fourth-order valence-electron chi connectivity index (χ4n) is 1.79. The number of nitrogens with one attached hydrogen (secondary N) is 1. The summed E-state index contributed by atoms with van der Waals surface area (Å²) in [6, 6.07) is 13.6. The van der Waals surface area contributed by atoms with Crippen molar-refractivity contribution in [2.24, 2.45) is 0 Å². The Morgan fingerprint density at radius 2 is 1.89 bits per heavy atom. The second-order valence-electron chi connectivity index (χ2n) is 4.34. The van der Waals surface area contributed by atoms with E-state index in [1.54, 1.807) is 24.3 Å². The third-order valence-electron chi connectivity index (χ3n) is 2.79. The van der Waals surface area contributed by atoms with E-state index < -0.39 is 12.0 Å². The molecule has 0 radical (unpaired) electrons. The normalized spacial score (nSPS) is 11.9. The molecule has 0 saturated heterocycles. The van der Waals surface area contributed by atoms with Gasteiger partial charge in [-0.3, -0.25) is 0 Å². The molecule has 0 saturated carbocycles. The number of aryl methyl sites for hydroxylation is 1. The van der Waals surface area contributed by atoms with Crippen molar-refractivity contribution in [2.75, 3.05) is 5.32 Å². The number of benzene rings is 2. The van der Waals surface area contributed by atoms with Gasteiger partial charge in [-0.2, -0.15) is 0 Å². The zero-order valence-corrected chi connectivity index (χ0v) is 11.2. The first-order chi connectivity index (χ1) is 9.06. The SMILES string of the molecule is Cc1ccc([C@H](Nc2cccc(Cl)c2)C(=O)O)cc1. The molecule has 0 amide bonds. The van der Waals surface area contributed by atoms with E-state index in [4.69, 9.17) is 11.6 Å². The van der Waals surface area contributed by atoms with Gasteiger partial charge in [-0.15, -0.1) is 0 Å². The lowest BCUT2D eigenvalue weighted by molar-refractivity contribution is -0.138. The van der Waals surface area contributed by atoms with E-state index in [9.17, 15) is 9.90 Å². The quantitative estimate of drug-likeness (QED) is 0.890. The molecule has 0 bridgehead atoms. The summed E-state index contributed by atoms with van der Waals surface area (Å²) in [5, 5.41) is 12.9. The first-order valence-corrected chi connectivity index (χ1v) is 6.25. The van der Waals surface area contributed by atoms with E-state index in [1.807, 2.05) is 31.2 Å². The van der Waals surface area contributed by atoms with Gasteiger partial charge in [0.15, 0.2) is 6.04 Å². The molecule has 0 aliphatic rings. The molecule has 0 aliphatic heterocycles. The number of carbonyl (C=O) groups is 1. The molecule has 3 nitrogen and oxygen atoms in total. The number of carboxylic acid groups (broad SMARTS) is 1. The van der Waals surface area contributed by atoms with Gasteiger partial charge in [-0.05, 0) is 30.7 Å². The van der Waals surface area contributed by atoms with Crippen LogP contribution in [0.15, 0.2) is 48.5 Å². The number of hydrogen-bond donors (Lipinski definition) is 2. The van der Waals surface area contributed by atoms with E-state index in [2.05, 4.69) is 5.32 Å². The average molecular weight is 276 g/mol. The van der Waals surface area contributed by atoms with Crippen molar-refractivity contribution in [2.45, 2.75) is 13.0 Å². The molecular formula is C15H14ClNO2. The second kappa shape index (κ2) is 5.76. The maximum Gasteiger partial charge on any atom is 0.330 e. The van der Waals surface area contributed by atoms with Crippen molar-refractivity contribution in [3.05, 3.63) is 64.7 Å². The summed E-state index contributed by atoms with van der Waals surface area (Å²) in [5.74, 6) is -0.927.